The van der Waals surface area contributed by atoms with Gasteiger partial charge in [-0.2, -0.15) is 0 Å². The molecule has 2 N–H and O–H groups in total. The maximum atomic E-state index is 5.77. The van der Waals surface area contributed by atoms with Gasteiger partial charge in [0.15, 0.2) is 0 Å². The summed E-state index contributed by atoms with van der Waals surface area (Å²) < 4.78 is 0. The Morgan fingerprint density at radius 2 is 2.00 bits per heavy atom. The Labute approximate surface area is 85.3 Å². The first-order chi connectivity index (χ1) is 6.68. The Bertz CT molecular complexity index is 361. The van der Waals surface area contributed by atoms with Gasteiger partial charge in [-0.3, -0.25) is 0 Å². The first-order valence-electron chi connectivity index (χ1n) is 5.45. The summed E-state index contributed by atoms with van der Waals surface area (Å²) in [6.07, 6.45) is 4.00. The highest BCUT2D eigenvalue weighted by Crippen LogP contribution is 2.73. The zero-order chi connectivity index (χ0) is 9.81. The van der Waals surface area contributed by atoms with E-state index in [2.05, 4.69) is 31.2 Å². The quantitative estimate of drug-likeness (QED) is 0.755. The van der Waals surface area contributed by atoms with E-state index in [0.717, 1.165) is 6.54 Å². The molecule has 3 aliphatic rings. The number of benzene rings is 1. The van der Waals surface area contributed by atoms with Crippen LogP contribution < -0.4 is 5.73 Å². The summed E-state index contributed by atoms with van der Waals surface area (Å²) in [5, 5.41) is 0. The molecule has 0 aromatic heterocycles. The predicted molar refractivity (Wildman–Crippen MR) is 58.2 cm³/mol. The molecule has 0 spiro atoms. The zero-order valence-corrected chi connectivity index (χ0v) is 8.72. The molecule has 0 amide bonds. The molecule has 3 aliphatic carbocycles. The van der Waals surface area contributed by atoms with Gasteiger partial charge in [-0.05, 0) is 49.1 Å². The molecular weight excluding hydrogens is 170 g/mol. The van der Waals surface area contributed by atoms with E-state index in [4.69, 9.17) is 5.73 Å². The fraction of sp³-hybridized carbons (Fsp3) is 0.538. The molecule has 0 radical (unpaired) electrons. The zero-order valence-electron chi connectivity index (χ0n) is 8.72. The van der Waals surface area contributed by atoms with E-state index in [0.29, 0.717) is 10.8 Å². The van der Waals surface area contributed by atoms with Crippen molar-refractivity contribution in [2.75, 3.05) is 6.54 Å². The van der Waals surface area contributed by atoms with Gasteiger partial charge in [0.2, 0.25) is 0 Å². The van der Waals surface area contributed by atoms with Crippen molar-refractivity contribution in [2.45, 2.75) is 31.6 Å². The van der Waals surface area contributed by atoms with E-state index in [1.807, 2.05) is 0 Å². The van der Waals surface area contributed by atoms with E-state index in [-0.39, 0.29) is 0 Å². The molecular formula is C13H17N. The van der Waals surface area contributed by atoms with Gasteiger partial charge in [0.1, 0.15) is 0 Å². The van der Waals surface area contributed by atoms with Gasteiger partial charge in [0, 0.05) is 0 Å². The lowest BCUT2D eigenvalue weighted by Crippen LogP contribution is -2.67. The number of hydrogen-bond donors (Lipinski definition) is 1. The van der Waals surface area contributed by atoms with Gasteiger partial charge in [0.05, 0.1) is 0 Å². The van der Waals surface area contributed by atoms with Gasteiger partial charge >= 0.3 is 0 Å². The van der Waals surface area contributed by atoms with Crippen LogP contribution >= 0.6 is 0 Å². The summed E-state index contributed by atoms with van der Waals surface area (Å²) in [6.45, 7) is 3.06. The van der Waals surface area contributed by atoms with Crippen LogP contribution in [0.3, 0.4) is 0 Å². The molecule has 14 heavy (non-hydrogen) atoms. The average molecular weight is 187 g/mol. The fourth-order valence-corrected chi connectivity index (χ4v) is 3.50. The van der Waals surface area contributed by atoms with E-state index in [1.165, 1.54) is 24.8 Å². The number of aryl methyl sites for hydroxylation is 1. The third kappa shape index (κ3) is 0.885. The van der Waals surface area contributed by atoms with Crippen molar-refractivity contribution < 1.29 is 0 Å². The Morgan fingerprint density at radius 3 is 2.57 bits per heavy atom. The molecule has 0 unspecified atom stereocenters. The Kier molecular flexibility index (Phi) is 1.46. The highest BCUT2D eigenvalue weighted by molar-refractivity contribution is 5.40. The lowest BCUT2D eigenvalue weighted by Gasteiger charge is -2.71. The first kappa shape index (κ1) is 8.49. The molecule has 3 saturated carbocycles. The summed E-state index contributed by atoms with van der Waals surface area (Å²) in [7, 11) is 0. The van der Waals surface area contributed by atoms with Crippen molar-refractivity contribution in [1.82, 2.24) is 0 Å². The SMILES string of the molecule is Cc1cccc(C23CC(CN)(C2)C3)c1. The molecule has 1 aromatic carbocycles. The normalized spacial score (nSPS) is 38.7. The molecule has 2 bridgehead atoms. The second kappa shape index (κ2) is 2.40. The van der Waals surface area contributed by atoms with Gasteiger partial charge in [-0.25, -0.2) is 0 Å². The molecule has 4 rings (SSSR count). The van der Waals surface area contributed by atoms with Gasteiger partial charge in [0.25, 0.3) is 0 Å². The topological polar surface area (TPSA) is 26.0 Å². The summed E-state index contributed by atoms with van der Waals surface area (Å²) in [4.78, 5) is 0. The van der Waals surface area contributed by atoms with Crippen LogP contribution in [-0.4, -0.2) is 6.54 Å². The standard InChI is InChI=1S/C13H17N/c1-10-3-2-4-11(5-10)13-6-12(7-13,8-13)9-14/h2-5H,6-9,14H2,1H3. The van der Waals surface area contributed by atoms with Crippen LogP contribution in [0.5, 0.6) is 0 Å². The third-order valence-electron chi connectivity index (χ3n) is 4.20. The van der Waals surface area contributed by atoms with Crippen LogP contribution in [0.1, 0.15) is 30.4 Å². The average Bonchev–Trinajstić information content (AvgIpc) is 2.00. The van der Waals surface area contributed by atoms with Crippen LogP contribution in [0.2, 0.25) is 0 Å². The molecule has 3 fully saturated rings. The van der Waals surface area contributed by atoms with Crippen molar-refractivity contribution >= 4 is 0 Å². The van der Waals surface area contributed by atoms with E-state index in [9.17, 15) is 0 Å². The minimum absolute atomic E-state index is 0.533. The van der Waals surface area contributed by atoms with Crippen molar-refractivity contribution in [1.29, 1.82) is 0 Å². The summed E-state index contributed by atoms with van der Waals surface area (Å²) >= 11 is 0. The summed E-state index contributed by atoms with van der Waals surface area (Å²) in [5.41, 5.74) is 9.78. The maximum Gasteiger partial charge on any atom is -0.00196 e. The number of hydrogen-bond acceptors (Lipinski definition) is 1. The largest absolute Gasteiger partial charge is 0.330 e. The Morgan fingerprint density at radius 1 is 1.29 bits per heavy atom. The summed E-state index contributed by atoms with van der Waals surface area (Å²) in [6, 6.07) is 8.99. The van der Waals surface area contributed by atoms with E-state index < -0.39 is 0 Å². The molecule has 1 heteroatoms. The fourth-order valence-electron chi connectivity index (χ4n) is 3.50. The molecule has 1 nitrogen and oxygen atoms in total. The lowest BCUT2D eigenvalue weighted by molar-refractivity contribution is -0.132. The molecule has 0 aliphatic heterocycles. The summed E-state index contributed by atoms with van der Waals surface area (Å²) in [5.74, 6) is 0. The number of rotatable bonds is 2. The first-order valence-corrected chi connectivity index (χ1v) is 5.45. The van der Waals surface area contributed by atoms with Crippen LogP contribution in [0.25, 0.3) is 0 Å². The number of nitrogens with two attached hydrogens (primary N) is 1. The van der Waals surface area contributed by atoms with Crippen molar-refractivity contribution in [3.05, 3.63) is 35.4 Å². The van der Waals surface area contributed by atoms with Gasteiger partial charge < -0.3 is 5.73 Å². The van der Waals surface area contributed by atoms with Crippen molar-refractivity contribution in [3.63, 3.8) is 0 Å². The van der Waals surface area contributed by atoms with Gasteiger partial charge in [-0.1, -0.05) is 29.8 Å². The minimum atomic E-state index is 0.533. The molecule has 0 heterocycles. The van der Waals surface area contributed by atoms with Crippen LogP contribution in [0.4, 0.5) is 0 Å². The molecule has 74 valence electrons. The van der Waals surface area contributed by atoms with Gasteiger partial charge in [-0.15, -0.1) is 0 Å². The molecule has 1 aromatic rings. The van der Waals surface area contributed by atoms with Crippen molar-refractivity contribution in [2.24, 2.45) is 11.1 Å². The lowest BCUT2D eigenvalue weighted by atomic mass is 9.33. The maximum absolute atomic E-state index is 5.77. The monoisotopic (exact) mass is 187 g/mol. The second-order valence-corrected chi connectivity index (χ2v) is 5.38. The Balaban J connectivity index is 1.87. The van der Waals surface area contributed by atoms with Crippen LogP contribution in [0.15, 0.2) is 24.3 Å². The van der Waals surface area contributed by atoms with Crippen LogP contribution in [-0.2, 0) is 5.41 Å². The minimum Gasteiger partial charge on any atom is -0.330 e. The second-order valence-electron chi connectivity index (χ2n) is 5.38. The predicted octanol–water partition coefficient (Wildman–Crippen LogP) is 2.38. The smallest absolute Gasteiger partial charge is 0.00196 e. The highest BCUT2D eigenvalue weighted by atomic mass is 14.8. The van der Waals surface area contributed by atoms with E-state index >= 15 is 0 Å². The molecule has 0 atom stereocenters. The molecule has 0 saturated heterocycles. The Hall–Kier alpha value is -0.820. The van der Waals surface area contributed by atoms with Crippen LogP contribution in [0, 0.1) is 12.3 Å². The van der Waals surface area contributed by atoms with E-state index in [1.54, 1.807) is 5.56 Å². The third-order valence-corrected chi connectivity index (χ3v) is 4.20. The van der Waals surface area contributed by atoms with Crippen molar-refractivity contribution in [3.8, 4) is 0 Å². The highest BCUT2D eigenvalue weighted by Gasteiger charge is 2.67.